The quantitative estimate of drug-likeness (QED) is 0.882. The average Bonchev–Trinajstić information content (AvgIpc) is 3.31. The Labute approximate surface area is 142 Å². The van der Waals surface area contributed by atoms with E-state index in [1.165, 1.54) is 0 Å². The molecule has 2 heterocycles. The van der Waals surface area contributed by atoms with Crippen molar-refractivity contribution in [2.45, 2.75) is 31.9 Å². The molecule has 0 spiro atoms. The highest BCUT2D eigenvalue weighted by atomic mass is 16.5. The summed E-state index contributed by atoms with van der Waals surface area (Å²) in [6.45, 7) is 4.05. The lowest BCUT2D eigenvalue weighted by molar-refractivity contribution is 0.0822. The fourth-order valence-corrected chi connectivity index (χ4v) is 3.02. The highest BCUT2D eigenvalue weighted by molar-refractivity contribution is 5.75. The van der Waals surface area contributed by atoms with Gasteiger partial charge in [0.15, 0.2) is 0 Å². The zero-order valence-corrected chi connectivity index (χ0v) is 14.0. The number of carbonyl (C=O) groups excluding carboxylic acids is 1. The van der Waals surface area contributed by atoms with Gasteiger partial charge < -0.3 is 19.4 Å². The van der Waals surface area contributed by atoms with Crippen molar-refractivity contribution in [3.8, 4) is 0 Å². The van der Waals surface area contributed by atoms with E-state index in [1.54, 1.807) is 11.2 Å². The van der Waals surface area contributed by atoms with Crippen molar-refractivity contribution in [2.75, 3.05) is 19.7 Å². The Bertz CT molecular complexity index is 621. The number of furan rings is 1. The lowest BCUT2D eigenvalue weighted by Crippen LogP contribution is -2.45. The minimum atomic E-state index is -0.299. The molecule has 1 fully saturated rings. The number of likely N-dealkylation sites (N-methyl/N-ethyl adjacent to an activating group) is 1. The molecule has 1 saturated heterocycles. The summed E-state index contributed by atoms with van der Waals surface area (Å²) >= 11 is 0. The molecule has 0 saturated carbocycles. The van der Waals surface area contributed by atoms with E-state index in [0.29, 0.717) is 13.1 Å². The Balaban J connectivity index is 1.72. The Hall–Kier alpha value is -2.27. The summed E-state index contributed by atoms with van der Waals surface area (Å²) in [6, 6.07) is 13.2. The van der Waals surface area contributed by atoms with Crippen LogP contribution < -0.4 is 5.32 Å². The molecule has 3 rings (SSSR count). The zero-order valence-electron chi connectivity index (χ0n) is 14.0. The Morgan fingerprint density at radius 3 is 2.75 bits per heavy atom. The number of amides is 2. The summed E-state index contributed by atoms with van der Waals surface area (Å²) in [6.07, 6.45) is 3.86. The molecule has 0 radical (unpaired) electrons. The van der Waals surface area contributed by atoms with Crippen LogP contribution in [0, 0.1) is 0 Å². The largest absolute Gasteiger partial charge is 0.467 e. The number of nitrogens with one attached hydrogen (secondary N) is 1. The van der Waals surface area contributed by atoms with Crippen LogP contribution >= 0.6 is 0 Å². The highest BCUT2D eigenvalue weighted by Crippen LogP contribution is 2.23. The molecule has 128 valence electrons. The van der Waals surface area contributed by atoms with E-state index in [-0.39, 0.29) is 18.2 Å². The van der Waals surface area contributed by atoms with E-state index >= 15 is 0 Å². The van der Waals surface area contributed by atoms with Crippen LogP contribution in [0.1, 0.15) is 37.1 Å². The third-order valence-corrected chi connectivity index (χ3v) is 4.35. The van der Waals surface area contributed by atoms with Crippen LogP contribution in [0.3, 0.4) is 0 Å². The van der Waals surface area contributed by atoms with Gasteiger partial charge in [-0.25, -0.2) is 4.79 Å². The zero-order chi connectivity index (χ0) is 16.8. The first-order valence-electron chi connectivity index (χ1n) is 8.53. The van der Waals surface area contributed by atoms with E-state index in [2.05, 4.69) is 5.32 Å². The normalized spacial score (nSPS) is 18.3. The number of hydrogen-bond donors (Lipinski definition) is 1. The van der Waals surface area contributed by atoms with Gasteiger partial charge in [-0.2, -0.15) is 0 Å². The fraction of sp³-hybridized carbons (Fsp3) is 0.421. The molecule has 1 aliphatic rings. The number of benzene rings is 1. The van der Waals surface area contributed by atoms with Crippen molar-refractivity contribution < 1.29 is 13.9 Å². The van der Waals surface area contributed by atoms with Crippen LogP contribution in [-0.4, -0.2) is 36.7 Å². The van der Waals surface area contributed by atoms with Crippen LogP contribution in [0.4, 0.5) is 4.79 Å². The number of hydrogen-bond acceptors (Lipinski definition) is 3. The molecule has 5 nitrogen and oxygen atoms in total. The van der Waals surface area contributed by atoms with Gasteiger partial charge in [0.25, 0.3) is 0 Å². The fourth-order valence-electron chi connectivity index (χ4n) is 3.02. The van der Waals surface area contributed by atoms with Gasteiger partial charge in [0.05, 0.1) is 12.4 Å². The molecule has 1 aromatic carbocycles. The third-order valence-electron chi connectivity index (χ3n) is 4.35. The maximum absolute atomic E-state index is 12.8. The molecule has 2 aromatic rings. The minimum absolute atomic E-state index is 0.0988. The lowest BCUT2D eigenvalue weighted by Gasteiger charge is -2.27. The first kappa shape index (κ1) is 16.6. The molecule has 2 unspecified atom stereocenters. The monoisotopic (exact) mass is 328 g/mol. The molecule has 1 N–H and O–H groups in total. The Kier molecular flexibility index (Phi) is 5.54. The third kappa shape index (κ3) is 3.97. The molecule has 1 aliphatic heterocycles. The van der Waals surface area contributed by atoms with Crippen molar-refractivity contribution in [3.63, 3.8) is 0 Å². The predicted molar refractivity (Wildman–Crippen MR) is 91.7 cm³/mol. The average molecular weight is 328 g/mol. The van der Waals surface area contributed by atoms with Crippen molar-refractivity contribution >= 4 is 6.03 Å². The summed E-state index contributed by atoms with van der Waals surface area (Å²) < 4.78 is 11.2. The summed E-state index contributed by atoms with van der Waals surface area (Å²) in [7, 11) is 0. The second-order valence-corrected chi connectivity index (χ2v) is 5.98. The van der Waals surface area contributed by atoms with Gasteiger partial charge in [0.1, 0.15) is 11.8 Å². The van der Waals surface area contributed by atoms with E-state index in [0.717, 1.165) is 30.8 Å². The van der Waals surface area contributed by atoms with E-state index in [1.807, 2.05) is 49.4 Å². The first-order valence-corrected chi connectivity index (χ1v) is 8.53. The van der Waals surface area contributed by atoms with Crippen molar-refractivity contribution in [2.24, 2.45) is 0 Å². The Morgan fingerprint density at radius 1 is 1.29 bits per heavy atom. The highest BCUT2D eigenvalue weighted by Gasteiger charge is 2.25. The molecule has 2 atom stereocenters. The van der Waals surface area contributed by atoms with E-state index < -0.39 is 0 Å². The molecule has 1 aromatic heterocycles. The van der Waals surface area contributed by atoms with E-state index in [9.17, 15) is 4.79 Å². The number of urea groups is 1. The molecular weight excluding hydrogens is 304 g/mol. The molecule has 24 heavy (non-hydrogen) atoms. The Morgan fingerprint density at radius 2 is 2.12 bits per heavy atom. The number of ether oxygens (including phenoxy) is 1. The minimum Gasteiger partial charge on any atom is -0.467 e. The number of rotatable bonds is 6. The molecule has 0 bridgehead atoms. The summed E-state index contributed by atoms with van der Waals surface area (Å²) in [4.78, 5) is 14.6. The van der Waals surface area contributed by atoms with Gasteiger partial charge in [0.2, 0.25) is 0 Å². The van der Waals surface area contributed by atoms with E-state index in [4.69, 9.17) is 9.15 Å². The van der Waals surface area contributed by atoms with Crippen LogP contribution in [0.2, 0.25) is 0 Å². The van der Waals surface area contributed by atoms with Crippen LogP contribution in [0.15, 0.2) is 53.1 Å². The first-order chi connectivity index (χ1) is 11.8. The molecule has 2 amide bonds. The van der Waals surface area contributed by atoms with Gasteiger partial charge in [-0.15, -0.1) is 0 Å². The van der Waals surface area contributed by atoms with Crippen molar-refractivity contribution in [1.82, 2.24) is 10.2 Å². The SMILES string of the molecule is CCN(CC1CCCO1)C(=O)NC(c1ccccc1)c1ccco1. The van der Waals surface area contributed by atoms with Crippen LogP contribution in [0.5, 0.6) is 0 Å². The molecule has 5 heteroatoms. The van der Waals surface area contributed by atoms with Gasteiger partial charge in [-0.05, 0) is 37.5 Å². The van der Waals surface area contributed by atoms with Crippen LogP contribution in [-0.2, 0) is 4.74 Å². The lowest BCUT2D eigenvalue weighted by atomic mass is 10.0. The second-order valence-electron chi connectivity index (χ2n) is 5.98. The van der Waals surface area contributed by atoms with Crippen molar-refractivity contribution in [1.29, 1.82) is 0 Å². The predicted octanol–water partition coefficient (Wildman–Crippen LogP) is 3.58. The van der Waals surface area contributed by atoms with Gasteiger partial charge in [0, 0.05) is 19.7 Å². The smallest absolute Gasteiger partial charge is 0.318 e. The maximum Gasteiger partial charge on any atom is 0.318 e. The summed E-state index contributed by atoms with van der Waals surface area (Å²) in [5, 5.41) is 3.10. The standard InChI is InChI=1S/C19H24N2O3/c1-2-21(14-16-10-6-12-23-16)19(22)20-18(17-11-7-13-24-17)15-8-4-3-5-9-15/h3-5,7-9,11,13,16,18H,2,6,10,12,14H2,1H3,(H,20,22). The topological polar surface area (TPSA) is 54.7 Å². The van der Waals surface area contributed by atoms with Crippen LogP contribution in [0.25, 0.3) is 0 Å². The molecular formula is C19H24N2O3. The second kappa shape index (κ2) is 8.02. The van der Waals surface area contributed by atoms with Gasteiger partial charge >= 0.3 is 6.03 Å². The van der Waals surface area contributed by atoms with Gasteiger partial charge in [-0.1, -0.05) is 30.3 Å². The van der Waals surface area contributed by atoms with Gasteiger partial charge in [-0.3, -0.25) is 0 Å². The maximum atomic E-state index is 12.8. The number of nitrogens with zero attached hydrogens (tertiary/aromatic N) is 1. The summed E-state index contributed by atoms with van der Waals surface area (Å²) in [5.41, 5.74) is 0.994. The number of carbonyl (C=O) groups is 1. The molecule has 0 aliphatic carbocycles. The van der Waals surface area contributed by atoms with Crippen molar-refractivity contribution in [3.05, 3.63) is 60.1 Å². The summed E-state index contributed by atoms with van der Waals surface area (Å²) in [5.74, 6) is 0.725.